The van der Waals surface area contributed by atoms with Gasteiger partial charge in [0.2, 0.25) is 0 Å². The molecule has 0 aromatic carbocycles. The maximum absolute atomic E-state index is 10.9. The average Bonchev–Trinajstić information content (AvgIpc) is 2.35. The van der Waals surface area contributed by atoms with Crippen LogP contribution < -0.4 is 0 Å². The normalized spacial score (nSPS) is 22.9. The van der Waals surface area contributed by atoms with Gasteiger partial charge in [-0.15, -0.1) is 0 Å². The molecule has 106 valence electrons. The number of aliphatic carboxylic acids is 1. The summed E-state index contributed by atoms with van der Waals surface area (Å²) < 4.78 is 5.40. The molecule has 0 aromatic rings. The van der Waals surface area contributed by atoms with Crippen molar-refractivity contribution in [1.29, 1.82) is 0 Å². The van der Waals surface area contributed by atoms with Crippen LogP contribution >= 0.6 is 0 Å². The fraction of sp³-hybridized carbons (Fsp3) is 0.929. The number of carbonyl (C=O) groups is 1. The number of hydrogen-bond donors (Lipinski definition) is 1. The fourth-order valence-electron chi connectivity index (χ4n) is 2.57. The van der Waals surface area contributed by atoms with Crippen molar-refractivity contribution in [3.8, 4) is 0 Å². The topological polar surface area (TPSA) is 49.8 Å². The number of morpholine rings is 1. The van der Waals surface area contributed by atoms with E-state index in [-0.39, 0.29) is 12.5 Å². The summed E-state index contributed by atoms with van der Waals surface area (Å²) in [6.07, 6.45) is 5.14. The van der Waals surface area contributed by atoms with Gasteiger partial charge in [0, 0.05) is 19.1 Å². The molecular weight excluding hydrogens is 230 g/mol. The number of carboxylic acids is 1. The van der Waals surface area contributed by atoms with Gasteiger partial charge in [-0.05, 0) is 12.3 Å². The highest BCUT2D eigenvalue weighted by atomic mass is 16.5. The van der Waals surface area contributed by atoms with Crippen LogP contribution in [0.15, 0.2) is 0 Å². The summed E-state index contributed by atoms with van der Waals surface area (Å²) in [5.74, 6) is -0.0311. The molecule has 1 aliphatic heterocycles. The third-order valence-electron chi connectivity index (χ3n) is 3.80. The molecule has 0 amide bonds. The smallest absolute Gasteiger partial charge is 0.305 e. The first kappa shape index (κ1) is 15.4. The van der Waals surface area contributed by atoms with Gasteiger partial charge < -0.3 is 9.84 Å². The van der Waals surface area contributed by atoms with Crippen molar-refractivity contribution in [3.05, 3.63) is 0 Å². The van der Waals surface area contributed by atoms with E-state index in [1.807, 2.05) is 0 Å². The maximum Gasteiger partial charge on any atom is 0.305 e. The first-order chi connectivity index (χ1) is 8.67. The molecule has 4 nitrogen and oxygen atoms in total. The second-order valence-corrected chi connectivity index (χ2v) is 5.24. The lowest BCUT2D eigenvalue weighted by atomic mass is 9.97. The third kappa shape index (κ3) is 5.36. The summed E-state index contributed by atoms with van der Waals surface area (Å²) >= 11 is 0. The van der Waals surface area contributed by atoms with Crippen LogP contribution in [0.4, 0.5) is 0 Å². The lowest BCUT2D eigenvalue weighted by Gasteiger charge is -2.37. The molecule has 0 spiro atoms. The first-order valence-electron chi connectivity index (χ1n) is 7.20. The Bertz CT molecular complexity index is 245. The van der Waals surface area contributed by atoms with Gasteiger partial charge in [-0.25, -0.2) is 0 Å². The number of nitrogens with zero attached hydrogens (tertiary/aromatic N) is 1. The summed E-state index contributed by atoms with van der Waals surface area (Å²) in [5.41, 5.74) is 0. The number of hydrogen-bond acceptors (Lipinski definition) is 3. The summed E-state index contributed by atoms with van der Waals surface area (Å²) in [5, 5.41) is 8.93. The molecule has 2 unspecified atom stereocenters. The zero-order valence-electron chi connectivity index (χ0n) is 11.7. The predicted octanol–water partition coefficient (Wildman–Crippen LogP) is 2.38. The van der Waals surface area contributed by atoms with Crippen LogP contribution in [-0.4, -0.2) is 48.3 Å². The van der Waals surface area contributed by atoms with Crippen molar-refractivity contribution in [2.24, 2.45) is 5.92 Å². The van der Waals surface area contributed by atoms with Gasteiger partial charge in [0.05, 0.1) is 19.6 Å². The molecule has 1 fully saturated rings. The molecule has 0 saturated carbocycles. The lowest BCUT2D eigenvalue weighted by Crippen LogP contribution is -2.48. The summed E-state index contributed by atoms with van der Waals surface area (Å²) in [4.78, 5) is 13.2. The standard InChI is InChI=1S/C14H27NO3/c1-3-5-6-12(4-2)10-15-7-8-18-11-13(15)9-14(16)17/h12-13H,3-11H2,1-2H3,(H,16,17). The summed E-state index contributed by atoms with van der Waals surface area (Å²) in [6, 6.07) is 0.0620. The number of rotatable bonds is 8. The molecule has 4 heteroatoms. The molecule has 1 heterocycles. The molecule has 0 aromatic heterocycles. The molecule has 1 aliphatic rings. The van der Waals surface area contributed by atoms with Crippen LogP contribution in [0.3, 0.4) is 0 Å². The zero-order valence-corrected chi connectivity index (χ0v) is 11.7. The second kappa shape index (κ2) is 8.48. The Morgan fingerprint density at radius 3 is 2.89 bits per heavy atom. The highest BCUT2D eigenvalue weighted by Gasteiger charge is 2.26. The molecule has 1 saturated heterocycles. The van der Waals surface area contributed by atoms with Gasteiger partial charge in [-0.2, -0.15) is 0 Å². The van der Waals surface area contributed by atoms with E-state index < -0.39 is 5.97 Å². The Morgan fingerprint density at radius 2 is 2.28 bits per heavy atom. The van der Waals surface area contributed by atoms with E-state index in [0.717, 1.165) is 19.7 Å². The van der Waals surface area contributed by atoms with Gasteiger partial charge in [0.15, 0.2) is 0 Å². The van der Waals surface area contributed by atoms with E-state index in [1.54, 1.807) is 0 Å². The average molecular weight is 257 g/mol. The van der Waals surface area contributed by atoms with Gasteiger partial charge >= 0.3 is 5.97 Å². The highest BCUT2D eigenvalue weighted by molar-refractivity contribution is 5.67. The number of carboxylic acid groups (broad SMARTS) is 1. The Morgan fingerprint density at radius 1 is 1.50 bits per heavy atom. The van der Waals surface area contributed by atoms with Crippen molar-refractivity contribution < 1.29 is 14.6 Å². The van der Waals surface area contributed by atoms with Gasteiger partial charge in [-0.3, -0.25) is 9.69 Å². The van der Waals surface area contributed by atoms with Crippen LogP contribution in [0.1, 0.15) is 46.0 Å². The van der Waals surface area contributed by atoms with E-state index in [4.69, 9.17) is 9.84 Å². The predicted molar refractivity (Wildman–Crippen MR) is 71.7 cm³/mol. The Labute approximate surface area is 110 Å². The summed E-state index contributed by atoms with van der Waals surface area (Å²) in [7, 11) is 0. The zero-order chi connectivity index (χ0) is 13.4. The van der Waals surface area contributed by atoms with E-state index in [2.05, 4.69) is 18.7 Å². The Hall–Kier alpha value is -0.610. The maximum atomic E-state index is 10.9. The van der Waals surface area contributed by atoms with E-state index in [0.29, 0.717) is 12.5 Å². The Kier molecular flexibility index (Phi) is 7.28. The van der Waals surface area contributed by atoms with Crippen LogP contribution in [0, 0.1) is 5.92 Å². The quantitative estimate of drug-likeness (QED) is 0.725. The van der Waals surface area contributed by atoms with E-state index in [1.165, 1.54) is 25.7 Å². The number of unbranched alkanes of at least 4 members (excludes halogenated alkanes) is 1. The van der Waals surface area contributed by atoms with Gasteiger partial charge in [0.1, 0.15) is 0 Å². The van der Waals surface area contributed by atoms with Gasteiger partial charge in [0.25, 0.3) is 0 Å². The minimum Gasteiger partial charge on any atom is -0.481 e. The molecule has 18 heavy (non-hydrogen) atoms. The Balaban J connectivity index is 2.46. The van der Waals surface area contributed by atoms with Gasteiger partial charge in [-0.1, -0.05) is 33.1 Å². The van der Waals surface area contributed by atoms with Crippen LogP contribution in [0.25, 0.3) is 0 Å². The number of ether oxygens (including phenoxy) is 1. The van der Waals surface area contributed by atoms with Crippen molar-refractivity contribution >= 4 is 5.97 Å². The molecule has 2 atom stereocenters. The SMILES string of the molecule is CCCCC(CC)CN1CCOCC1CC(=O)O. The van der Waals surface area contributed by atoms with Crippen LogP contribution in [-0.2, 0) is 9.53 Å². The fourth-order valence-corrected chi connectivity index (χ4v) is 2.57. The highest BCUT2D eigenvalue weighted by Crippen LogP contribution is 2.18. The molecule has 0 bridgehead atoms. The molecule has 1 N–H and O–H groups in total. The van der Waals surface area contributed by atoms with E-state index in [9.17, 15) is 4.79 Å². The largest absolute Gasteiger partial charge is 0.481 e. The second-order valence-electron chi connectivity index (χ2n) is 5.24. The third-order valence-corrected chi connectivity index (χ3v) is 3.80. The van der Waals surface area contributed by atoms with Crippen molar-refractivity contribution in [2.45, 2.75) is 52.0 Å². The van der Waals surface area contributed by atoms with Crippen LogP contribution in [0.5, 0.6) is 0 Å². The monoisotopic (exact) mass is 257 g/mol. The first-order valence-corrected chi connectivity index (χ1v) is 7.20. The van der Waals surface area contributed by atoms with E-state index >= 15 is 0 Å². The molecular formula is C14H27NO3. The lowest BCUT2D eigenvalue weighted by molar-refractivity contribution is -0.140. The molecule has 0 radical (unpaired) electrons. The molecule has 1 rings (SSSR count). The minimum absolute atomic E-state index is 0.0620. The van der Waals surface area contributed by atoms with Crippen molar-refractivity contribution in [1.82, 2.24) is 4.90 Å². The molecule has 0 aliphatic carbocycles. The van der Waals surface area contributed by atoms with Crippen molar-refractivity contribution in [2.75, 3.05) is 26.3 Å². The summed E-state index contributed by atoms with van der Waals surface area (Å²) in [6.45, 7) is 7.65. The van der Waals surface area contributed by atoms with Crippen LogP contribution in [0.2, 0.25) is 0 Å². The van der Waals surface area contributed by atoms with Crippen molar-refractivity contribution in [3.63, 3.8) is 0 Å². The minimum atomic E-state index is -0.725.